The number of nitrogens with two attached hydrogens (primary N) is 1. The molecule has 0 radical (unpaired) electrons. The van der Waals surface area contributed by atoms with Gasteiger partial charge >= 0.3 is 0 Å². The third-order valence-corrected chi connectivity index (χ3v) is 3.27. The molecule has 1 atom stereocenters. The number of nitrogens with zero attached hydrogens (tertiary/aromatic N) is 2. The summed E-state index contributed by atoms with van der Waals surface area (Å²) in [7, 11) is 0. The van der Waals surface area contributed by atoms with Crippen molar-refractivity contribution in [3.8, 4) is 0 Å². The van der Waals surface area contributed by atoms with Crippen LogP contribution in [0, 0.1) is 12.8 Å². The molecule has 1 fully saturated rings. The van der Waals surface area contributed by atoms with Crippen LogP contribution in [-0.2, 0) is 9.59 Å². The topological polar surface area (TPSA) is 99.8 Å². The molecule has 7 nitrogen and oxygen atoms in total. The third-order valence-electron chi connectivity index (χ3n) is 2.89. The van der Waals surface area contributed by atoms with Crippen molar-refractivity contribution in [2.45, 2.75) is 6.92 Å². The molecule has 22 heavy (non-hydrogen) atoms. The summed E-state index contributed by atoms with van der Waals surface area (Å²) in [5.41, 5.74) is 9.14. The fraction of sp³-hybridized carbons (Fsp3) is 0.154. The fourth-order valence-electron chi connectivity index (χ4n) is 1.84. The molecule has 2 rings (SSSR count). The molecule has 1 aliphatic rings. The number of carbonyl (C=O) groups excluding carboxylic acids is 2. The van der Waals surface area contributed by atoms with Gasteiger partial charge in [-0.05, 0) is 43.5 Å². The van der Waals surface area contributed by atoms with E-state index in [-0.39, 0.29) is 10.2 Å². The number of hydrazone groups is 1. The van der Waals surface area contributed by atoms with Crippen molar-refractivity contribution in [2.75, 3.05) is 4.90 Å². The van der Waals surface area contributed by atoms with Gasteiger partial charge in [0.25, 0.3) is 5.91 Å². The molecule has 0 unspecified atom stereocenters. The summed E-state index contributed by atoms with van der Waals surface area (Å²) >= 11 is 9.66. The van der Waals surface area contributed by atoms with Gasteiger partial charge in [-0.15, -0.1) is 0 Å². The van der Waals surface area contributed by atoms with Crippen molar-refractivity contribution in [3.63, 3.8) is 0 Å². The molecule has 0 aromatic heterocycles. The molecule has 1 saturated heterocycles. The molecule has 1 aromatic carbocycles. The zero-order valence-corrected chi connectivity index (χ0v) is 13.2. The van der Waals surface area contributed by atoms with E-state index in [9.17, 15) is 9.59 Å². The second kappa shape index (κ2) is 6.58. The Kier molecular flexibility index (Phi) is 4.78. The van der Waals surface area contributed by atoms with Crippen molar-refractivity contribution in [1.82, 2.24) is 10.7 Å². The largest absolute Gasteiger partial charge is 0.375 e. The molecule has 0 bridgehead atoms. The zero-order chi connectivity index (χ0) is 16.3. The minimum absolute atomic E-state index is 0.0332. The molecule has 9 heteroatoms. The first-order chi connectivity index (χ1) is 10.4. The summed E-state index contributed by atoms with van der Waals surface area (Å²) in [6.45, 7) is 1.93. The first-order valence-electron chi connectivity index (χ1n) is 6.24. The number of thiocarbonyl (C=S) groups is 2. The highest BCUT2D eigenvalue weighted by Gasteiger charge is 2.38. The van der Waals surface area contributed by atoms with E-state index < -0.39 is 17.7 Å². The number of hydrogen-bond donors (Lipinski definition) is 3. The van der Waals surface area contributed by atoms with Gasteiger partial charge in [-0.1, -0.05) is 17.7 Å². The van der Waals surface area contributed by atoms with Crippen LogP contribution in [0.5, 0.6) is 0 Å². The van der Waals surface area contributed by atoms with Crippen LogP contribution < -0.4 is 21.4 Å². The number of benzene rings is 1. The molecule has 1 aliphatic heterocycles. The third kappa shape index (κ3) is 3.43. The van der Waals surface area contributed by atoms with Crippen LogP contribution in [0.25, 0.3) is 0 Å². The molecule has 2 amide bonds. The molecule has 1 heterocycles. The quantitative estimate of drug-likeness (QED) is 0.315. The van der Waals surface area contributed by atoms with E-state index in [4.69, 9.17) is 18.0 Å². The average molecular weight is 335 g/mol. The van der Waals surface area contributed by atoms with Gasteiger partial charge in [-0.3, -0.25) is 19.9 Å². The van der Waals surface area contributed by atoms with Gasteiger partial charge in [0.2, 0.25) is 5.91 Å². The summed E-state index contributed by atoms with van der Waals surface area (Å²) in [6, 6.07) is 7.19. The van der Waals surface area contributed by atoms with Gasteiger partial charge in [0.15, 0.2) is 16.1 Å². The molecule has 0 spiro atoms. The lowest BCUT2D eigenvalue weighted by Gasteiger charge is -2.30. The van der Waals surface area contributed by atoms with Gasteiger partial charge in [-0.25, -0.2) is 0 Å². The number of rotatable bonds is 3. The van der Waals surface area contributed by atoms with E-state index in [0.29, 0.717) is 5.69 Å². The Morgan fingerprint density at radius 3 is 2.64 bits per heavy atom. The van der Waals surface area contributed by atoms with E-state index in [1.807, 2.05) is 19.1 Å². The Morgan fingerprint density at radius 2 is 2.05 bits per heavy atom. The molecular formula is C13H13N5O2S2. The zero-order valence-electron chi connectivity index (χ0n) is 11.6. The van der Waals surface area contributed by atoms with Crippen molar-refractivity contribution < 1.29 is 9.59 Å². The number of nitrogens with one attached hydrogen (secondary N) is 2. The minimum Gasteiger partial charge on any atom is -0.375 e. The van der Waals surface area contributed by atoms with Crippen LogP contribution >= 0.6 is 24.4 Å². The van der Waals surface area contributed by atoms with E-state index in [1.54, 1.807) is 12.1 Å². The fourth-order valence-corrected chi connectivity index (χ4v) is 2.18. The normalized spacial score (nSPS) is 18.5. The summed E-state index contributed by atoms with van der Waals surface area (Å²) in [4.78, 5) is 25.7. The summed E-state index contributed by atoms with van der Waals surface area (Å²) in [5, 5.41) is 6.11. The molecule has 0 saturated carbocycles. The molecule has 0 aliphatic carbocycles. The minimum atomic E-state index is -1.12. The maximum Gasteiger partial charge on any atom is 0.251 e. The van der Waals surface area contributed by atoms with E-state index in [2.05, 4.69) is 28.1 Å². The Morgan fingerprint density at radius 1 is 1.41 bits per heavy atom. The van der Waals surface area contributed by atoms with Crippen LogP contribution in [0.1, 0.15) is 5.56 Å². The standard InChI is InChI=1S/C13H13N5O2S2/c1-7-2-4-8(5-3-7)18-11(20)9(6-15-17-12(14)21)10(19)16-13(18)22/h2-6,9H,1H3,(H3,14,17,21)(H,16,19,22)/b15-6+/t9-/m1/s1. The van der Waals surface area contributed by atoms with Gasteiger partial charge in [-0.2, -0.15) is 5.10 Å². The monoisotopic (exact) mass is 335 g/mol. The Labute approximate surface area is 137 Å². The van der Waals surface area contributed by atoms with Crippen LogP contribution in [0.2, 0.25) is 0 Å². The van der Waals surface area contributed by atoms with Gasteiger partial charge < -0.3 is 11.1 Å². The first kappa shape index (κ1) is 16.0. The Hall–Kier alpha value is -2.39. The van der Waals surface area contributed by atoms with Crippen LogP contribution in [0.3, 0.4) is 0 Å². The van der Waals surface area contributed by atoms with Crippen LogP contribution in [0.4, 0.5) is 5.69 Å². The van der Waals surface area contributed by atoms with Crippen LogP contribution in [-0.4, -0.2) is 28.3 Å². The Balaban J connectivity index is 2.27. The highest BCUT2D eigenvalue weighted by atomic mass is 32.1. The van der Waals surface area contributed by atoms with Crippen molar-refractivity contribution >= 4 is 58.4 Å². The van der Waals surface area contributed by atoms with Crippen molar-refractivity contribution in [2.24, 2.45) is 16.8 Å². The van der Waals surface area contributed by atoms with Gasteiger partial charge in [0.05, 0.1) is 5.69 Å². The lowest BCUT2D eigenvalue weighted by Crippen LogP contribution is -2.58. The van der Waals surface area contributed by atoms with Gasteiger partial charge in [0, 0.05) is 6.21 Å². The van der Waals surface area contributed by atoms with Crippen molar-refractivity contribution in [3.05, 3.63) is 29.8 Å². The molecule has 114 valence electrons. The predicted octanol–water partition coefficient (Wildman–Crippen LogP) is 0.178. The van der Waals surface area contributed by atoms with E-state index in [0.717, 1.165) is 11.8 Å². The molecule has 1 aromatic rings. The number of carbonyl (C=O) groups is 2. The SMILES string of the molecule is Cc1ccc(N2C(=O)[C@H](/C=N/NC(N)=S)C(=O)NC2=S)cc1. The number of anilines is 1. The summed E-state index contributed by atoms with van der Waals surface area (Å²) in [6.07, 6.45) is 1.14. The van der Waals surface area contributed by atoms with Gasteiger partial charge in [0.1, 0.15) is 0 Å². The Bertz CT molecular complexity index is 672. The van der Waals surface area contributed by atoms with E-state index >= 15 is 0 Å². The maximum atomic E-state index is 12.5. The highest BCUT2D eigenvalue weighted by molar-refractivity contribution is 7.80. The lowest BCUT2D eigenvalue weighted by atomic mass is 10.1. The predicted molar refractivity (Wildman–Crippen MR) is 91.3 cm³/mol. The average Bonchev–Trinajstić information content (AvgIpc) is 2.44. The second-order valence-corrected chi connectivity index (χ2v) is 5.36. The van der Waals surface area contributed by atoms with Crippen LogP contribution in [0.15, 0.2) is 29.4 Å². The number of hydrogen-bond acceptors (Lipinski definition) is 5. The number of amides is 2. The second-order valence-electron chi connectivity index (χ2n) is 4.54. The highest BCUT2D eigenvalue weighted by Crippen LogP contribution is 2.20. The summed E-state index contributed by atoms with van der Waals surface area (Å²) < 4.78 is 0. The molecule has 4 N–H and O–H groups in total. The molecular weight excluding hydrogens is 322 g/mol. The first-order valence-corrected chi connectivity index (χ1v) is 7.06. The maximum absolute atomic E-state index is 12.5. The number of aryl methyl sites for hydroxylation is 1. The smallest absolute Gasteiger partial charge is 0.251 e. The van der Waals surface area contributed by atoms with E-state index in [1.165, 1.54) is 4.90 Å². The summed E-state index contributed by atoms with van der Waals surface area (Å²) in [5.74, 6) is -2.16. The van der Waals surface area contributed by atoms with Crippen molar-refractivity contribution in [1.29, 1.82) is 0 Å². The lowest BCUT2D eigenvalue weighted by molar-refractivity contribution is -0.130.